The van der Waals surface area contributed by atoms with Gasteiger partial charge in [-0.05, 0) is 65.8 Å². The van der Waals surface area contributed by atoms with Crippen LogP contribution in [0, 0.1) is 11.3 Å². The van der Waals surface area contributed by atoms with Crippen LogP contribution in [-0.2, 0) is 31.7 Å². The highest BCUT2D eigenvalue weighted by Crippen LogP contribution is 2.41. The lowest BCUT2D eigenvalue weighted by molar-refractivity contribution is -0.177. The van der Waals surface area contributed by atoms with Crippen LogP contribution in [0.15, 0.2) is 72.8 Å². The van der Waals surface area contributed by atoms with Crippen LogP contribution in [-0.4, -0.2) is 40.6 Å². The molecule has 0 spiro atoms. The van der Waals surface area contributed by atoms with Crippen molar-refractivity contribution in [3.8, 4) is 11.1 Å². The molecule has 1 amide bonds. The monoisotopic (exact) mass is 583 g/mol. The van der Waals surface area contributed by atoms with E-state index in [0.29, 0.717) is 48.1 Å². The van der Waals surface area contributed by atoms with E-state index in [-0.39, 0.29) is 12.0 Å². The number of aliphatic carboxylic acids is 2. The summed E-state index contributed by atoms with van der Waals surface area (Å²) in [6.45, 7) is -0.770. The lowest BCUT2D eigenvalue weighted by Crippen LogP contribution is -2.49. The predicted molar refractivity (Wildman–Crippen MR) is 146 cm³/mol. The topological polar surface area (TPSA) is 130 Å². The van der Waals surface area contributed by atoms with Gasteiger partial charge in [0.1, 0.15) is 6.61 Å². The number of anilines is 1. The summed E-state index contributed by atoms with van der Waals surface area (Å²) in [6, 6.07) is 17.2. The van der Waals surface area contributed by atoms with E-state index < -0.39 is 53.5 Å². The summed E-state index contributed by atoms with van der Waals surface area (Å²) in [5.41, 5.74) is -1.00. The fourth-order valence-corrected chi connectivity index (χ4v) is 5.19. The minimum Gasteiger partial charge on any atom is -0.480 e. The number of hydrogen-bond acceptors (Lipinski definition) is 5. The molecule has 220 valence electrons. The van der Waals surface area contributed by atoms with Crippen LogP contribution >= 0.6 is 0 Å². The van der Waals surface area contributed by atoms with Crippen molar-refractivity contribution >= 4 is 29.5 Å². The van der Waals surface area contributed by atoms with Crippen LogP contribution < -0.4 is 5.32 Å². The van der Waals surface area contributed by atoms with E-state index in [1.807, 2.05) is 0 Å². The molecule has 1 fully saturated rings. The fraction of sp³-hybridized carbons (Fsp3) is 0.290. The van der Waals surface area contributed by atoms with Crippen LogP contribution in [0.4, 0.5) is 18.9 Å². The van der Waals surface area contributed by atoms with Gasteiger partial charge in [0.25, 0.3) is 5.91 Å². The molecule has 8 nitrogen and oxygen atoms in total. The SMILES string of the molecule is O=C(Cc1ccc(NC(=O)c2ccccc2-c2ccc(C(F)(F)F)cc2)cc1)OCC(C(=O)O)(C(=O)O)C1CCCC1. The number of esters is 1. The molecule has 0 bridgehead atoms. The van der Waals surface area contributed by atoms with Crippen molar-refractivity contribution in [1.82, 2.24) is 0 Å². The van der Waals surface area contributed by atoms with Gasteiger partial charge in [-0.25, -0.2) is 0 Å². The molecule has 1 aliphatic carbocycles. The first-order valence-electron chi connectivity index (χ1n) is 13.2. The molecular formula is C31H28F3NO7. The first kappa shape index (κ1) is 30.3. The van der Waals surface area contributed by atoms with E-state index in [1.54, 1.807) is 48.5 Å². The van der Waals surface area contributed by atoms with Gasteiger partial charge in [0.05, 0.1) is 12.0 Å². The largest absolute Gasteiger partial charge is 0.480 e. The smallest absolute Gasteiger partial charge is 0.416 e. The van der Waals surface area contributed by atoms with Crippen molar-refractivity contribution in [2.75, 3.05) is 11.9 Å². The number of carboxylic acids is 2. The van der Waals surface area contributed by atoms with E-state index in [2.05, 4.69) is 5.32 Å². The highest BCUT2D eigenvalue weighted by Gasteiger charge is 2.54. The lowest BCUT2D eigenvalue weighted by Gasteiger charge is -2.30. The average molecular weight is 584 g/mol. The Hall–Kier alpha value is -4.67. The second-order valence-electron chi connectivity index (χ2n) is 10.2. The molecule has 11 heteroatoms. The van der Waals surface area contributed by atoms with Crippen molar-refractivity contribution in [2.45, 2.75) is 38.3 Å². The maximum Gasteiger partial charge on any atom is 0.416 e. The molecular weight excluding hydrogens is 555 g/mol. The van der Waals surface area contributed by atoms with Crippen molar-refractivity contribution < 1.29 is 47.3 Å². The first-order valence-corrected chi connectivity index (χ1v) is 13.2. The molecule has 0 radical (unpaired) electrons. The van der Waals surface area contributed by atoms with E-state index in [0.717, 1.165) is 12.1 Å². The van der Waals surface area contributed by atoms with Crippen molar-refractivity contribution in [1.29, 1.82) is 0 Å². The summed E-state index contributed by atoms with van der Waals surface area (Å²) in [5.74, 6) is -4.98. The third kappa shape index (κ3) is 6.62. The summed E-state index contributed by atoms with van der Waals surface area (Å²) < 4.78 is 44.0. The predicted octanol–water partition coefficient (Wildman–Crippen LogP) is 6.06. The van der Waals surface area contributed by atoms with Gasteiger partial charge in [-0.2, -0.15) is 13.2 Å². The quantitative estimate of drug-likeness (QED) is 0.196. The van der Waals surface area contributed by atoms with Crippen molar-refractivity contribution in [3.05, 3.63) is 89.5 Å². The van der Waals surface area contributed by atoms with Crippen LogP contribution in [0.3, 0.4) is 0 Å². The Labute approximate surface area is 239 Å². The van der Waals surface area contributed by atoms with Gasteiger partial charge in [-0.1, -0.05) is 55.3 Å². The molecule has 0 atom stereocenters. The standard InChI is InChI=1S/C31H28F3NO7/c32-31(33,34)22-13-11-20(12-14-22)24-7-3-4-8-25(24)27(37)35-23-15-9-19(10-16-23)17-26(36)42-18-30(28(38)39,29(40)41)21-5-1-2-6-21/h3-4,7-16,21H,1-2,5-6,17-18H2,(H,35,37)(H,38,39)(H,40,41). The number of halogens is 3. The third-order valence-electron chi connectivity index (χ3n) is 7.53. The number of carbonyl (C=O) groups excluding carboxylic acids is 2. The van der Waals surface area contributed by atoms with E-state index in [9.17, 15) is 42.6 Å². The molecule has 0 aromatic heterocycles. The molecule has 3 aromatic rings. The van der Waals surface area contributed by atoms with E-state index in [1.165, 1.54) is 12.1 Å². The highest BCUT2D eigenvalue weighted by molar-refractivity contribution is 6.08. The van der Waals surface area contributed by atoms with Gasteiger partial charge in [-0.3, -0.25) is 19.2 Å². The number of ether oxygens (including phenoxy) is 1. The molecule has 4 rings (SSSR count). The molecule has 42 heavy (non-hydrogen) atoms. The van der Waals surface area contributed by atoms with Crippen LogP contribution in [0.5, 0.6) is 0 Å². The fourth-order valence-electron chi connectivity index (χ4n) is 5.19. The maximum atomic E-state index is 13.0. The number of nitrogens with one attached hydrogen (secondary N) is 1. The molecule has 3 aromatic carbocycles. The zero-order valence-corrected chi connectivity index (χ0v) is 22.3. The van der Waals surface area contributed by atoms with Crippen LogP contribution in [0.1, 0.15) is 47.2 Å². The molecule has 0 unspecified atom stereocenters. The number of alkyl halides is 3. The summed E-state index contributed by atoms with van der Waals surface area (Å²) in [6.07, 6.45) is -2.44. The third-order valence-corrected chi connectivity index (χ3v) is 7.53. The number of rotatable bonds is 10. The number of carboxylic acid groups (broad SMARTS) is 2. The molecule has 0 aliphatic heterocycles. The Balaban J connectivity index is 1.40. The van der Waals surface area contributed by atoms with Gasteiger partial charge >= 0.3 is 24.1 Å². The highest BCUT2D eigenvalue weighted by atomic mass is 19.4. The molecule has 1 aliphatic rings. The summed E-state index contributed by atoms with van der Waals surface area (Å²) in [5, 5.41) is 22.2. The number of hydrogen-bond donors (Lipinski definition) is 3. The zero-order chi connectivity index (χ0) is 30.5. The molecule has 0 saturated heterocycles. The summed E-state index contributed by atoms with van der Waals surface area (Å²) in [4.78, 5) is 49.4. The van der Waals surface area contributed by atoms with Gasteiger partial charge in [0.2, 0.25) is 5.41 Å². The second kappa shape index (κ2) is 12.5. The minimum absolute atomic E-state index is 0.243. The number of carbonyl (C=O) groups is 4. The maximum absolute atomic E-state index is 13.0. The average Bonchev–Trinajstić information content (AvgIpc) is 3.49. The van der Waals surface area contributed by atoms with Gasteiger partial charge in [-0.15, -0.1) is 0 Å². The molecule has 0 heterocycles. The minimum atomic E-state index is -4.48. The Bertz CT molecular complexity index is 1450. The van der Waals surface area contributed by atoms with Gasteiger partial charge < -0.3 is 20.3 Å². The van der Waals surface area contributed by atoms with Gasteiger partial charge in [0.15, 0.2) is 0 Å². The summed E-state index contributed by atoms with van der Waals surface area (Å²) in [7, 11) is 0. The second-order valence-corrected chi connectivity index (χ2v) is 10.2. The first-order chi connectivity index (χ1) is 19.9. The Morgan fingerprint density at radius 1 is 0.833 bits per heavy atom. The Kier molecular flexibility index (Phi) is 8.99. The number of benzene rings is 3. The Morgan fingerprint density at radius 2 is 1.43 bits per heavy atom. The van der Waals surface area contributed by atoms with Crippen LogP contribution in [0.25, 0.3) is 11.1 Å². The van der Waals surface area contributed by atoms with E-state index in [4.69, 9.17) is 4.74 Å². The normalized spacial score (nSPS) is 13.9. The van der Waals surface area contributed by atoms with Gasteiger partial charge in [0, 0.05) is 11.3 Å². The Morgan fingerprint density at radius 3 is 2.00 bits per heavy atom. The van der Waals surface area contributed by atoms with Crippen LogP contribution in [0.2, 0.25) is 0 Å². The molecule has 1 saturated carbocycles. The molecule has 3 N–H and O–H groups in total. The van der Waals surface area contributed by atoms with E-state index >= 15 is 0 Å². The number of amides is 1. The van der Waals surface area contributed by atoms with Crippen molar-refractivity contribution in [2.24, 2.45) is 11.3 Å². The zero-order valence-electron chi connectivity index (χ0n) is 22.3. The van der Waals surface area contributed by atoms with Crippen molar-refractivity contribution in [3.63, 3.8) is 0 Å². The summed E-state index contributed by atoms with van der Waals surface area (Å²) >= 11 is 0. The lowest BCUT2D eigenvalue weighted by atomic mass is 9.75.